The van der Waals surface area contributed by atoms with Crippen molar-refractivity contribution in [3.8, 4) is 0 Å². The Morgan fingerprint density at radius 1 is 1.47 bits per heavy atom. The van der Waals surface area contributed by atoms with E-state index in [2.05, 4.69) is 12.2 Å². The Kier molecular flexibility index (Phi) is 5.59. The van der Waals surface area contributed by atoms with Crippen LogP contribution in [0.2, 0.25) is 5.02 Å². The minimum atomic E-state index is 0.238. The van der Waals surface area contributed by atoms with Crippen molar-refractivity contribution in [2.24, 2.45) is 5.92 Å². The molecule has 1 aromatic carbocycles. The van der Waals surface area contributed by atoms with E-state index in [9.17, 15) is 0 Å². The number of aryl methyl sites for hydroxylation is 1. The first kappa shape index (κ1) is 14.1. The maximum atomic E-state index is 8.93. The molecule has 0 aliphatic rings. The number of nitrogen functional groups attached to an aromatic ring is 1. The summed E-state index contributed by atoms with van der Waals surface area (Å²) in [6, 6.07) is 3.73. The van der Waals surface area contributed by atoms with Gasteiger partial charge in [0.2, 0.25) is 0 Å². The second kappa shape index (κ2) is 6.72. The molecule has 4 N–H and O–H groups in total. The van der Waals surface area contributed by atoms with Gasteiger partial charge in [-0.1, -0.05) is 24.9 Å². The highest BCUT2D eigenvalue weighted by atomic mass is 35.5. The van der Waals surface area contributed by atoms with Crippen molar-refractivity contribution in [2.45, 2.75) is 26.7 Å². The predicted octanol–water partition coefficient (Wildman–Crippen LogP) is 3.05. The lowest BCUT2D eigenvalue weighted by molar-refractivity contribution is 0.258. The van der Waals surface area contributed by atoms with Crippen molar-refractivity contribution < 1.29 is 5.11 Å². The van der Waals surface area contributed by atoms with Crippen LogP contribution in [0.3, 0.4) is 0 Å². The lowest BCUT2D eigenvalue weighted by Gasteiger charge is -2.17. The summed E-state index contributed by atoms with van der Waals surface area (Å²) >= 11 is 5.99. The normalized spacial score (nSPS) is 12.5. The number of aliphatic hydroxyl groups is 1. The summed E-state index contributed by atoms with van der Waals surface area (Å²) in [7, 11) is 0. The molecule has 1 rings (SSSR count). The molecule has 96 valence electrons. The first-order valence-electron chi connectivity index (χ1n) is 5.98. The van der Waals surface area contributed by atoms with Gasteiger partial charge in [0, 0.05) is 18.8 Å². The standard InChI is InChI=1S/C13H21ClN2O/c1-3-10(4-5-17)8-16-13-7-11(14)12(15)6-9(13)2/h6-7,10,16-17H,3-5,8,15H2,1-2H3. The summed E-state index contributed by atoms with van der Waals surface area (Å²) in [4.78, 5) is 0. The minimum Gasteiger partial charge on any atom is -0.398 e. The molecule has 0 bridgehead atoms. The van der Waals surface area contributed by atoms with Crippen molar-refractivity contribution in [2.75, 3.05) is 24.2 Å². The average Bonchev–Trinajstić information content (AvgIpc) is 2.30. The molecule has 4 heteroatoms. The zero-order valence-corrected chi connectivity index (χ0v) is 11.2. The molecule has 0 aromatic heterocycles. The van der Waals surface area contributed by atoms with E-state index in [4.69, 9.17) is 22.4 Å². The van der Waals surface area contributed by atoms with Crippen LogP contribution in [0.5, 0.6) is 0 Å². The van der Waals surface area contributed by atoms with E-state index in [-0.39, 0.29) is 6.61 Å². The summed E-state index contributed by atoms with van der Waals surface area (Å²) in [5, 5.41) is 12.9. The maximum Gasteiger partial charge on any atom is 0.0656 e. The van der Waals surface area contributed by atoms with Crippen LogP contribution in [-0.4, -0.2) is 18.3 Å². The molecular weight excluding hydrogens is 236 g/mol. The van der Waals surface area contributed by atoms with Crippen molar-refractivity contribution >= 4 is 23.0 Å². The van der Waals surface area contributed by atoms with E-state index in [0.717, 1.165) is 30.6 Å². The third-order valence-corrected chi connectivity index (χ3v) is 3.37. The molecule has 0 aliphatic carbocycles. The Hall–Kier alpha value is -0.930. The van der Waals surface area contributed by atoms with E-state index >= 15 is 0 Å². The molecule has 1 unspecified atom stereocenters. The molecule has 17 heavy (non-hydrogen) atoms. The first-order valence-corrected chi connectivity index (χ1v) is 6.36. The number of rotatable bonds is 6. The van der Waals surface area contributed by atoms with Crippen LogP contribution in [0, 0.1) is 12.8 Å². The molecule has 0 saturated carbocycles. The third kappa shape index (κ3) is 4.10. The number of nitrogens with two attached hydrogens (primary N) is 1. The third-order valence-electron chi connectivity index (χ3n) is 3.04. The number of anilines is 2. The molecule has 1 atom stereocenters. The zero-order chi connectivity index (χ0) is 12.8. The predicted molar refractivity (Wildman–Crippen MR) is 74.6 cm³/mol. The fourth-order valence-electron chi connectivity index (χ4n) is 1.78. The van der Waals surface area contributed by atoms with Gasteiger partial charge in [0.05, 0.1) is 10.7 Å². The Morgan fingerprint density at radius 3 is 2.76 bits per heavy atom. The summed E-state index contributed by atoms with van der Waals surface area (Å²) in [5.74, 6) is 0.482. The zero-order valence-electron chi connectivity index (χ0n) is 10.5. The van der Waals surface area contributed by atoms with Gasteiger partial charge >= 0.3 is 0 Å². The molecule has 0 radical (unpaired) electrons. The van der Waals surface area contributed by atoms with Crippen LogP contribution in [-0.2, 0) is 0 Å². The van der Waals surface area contributed by atoms with Gasteiger partial charge in [-0.05, 0) is 37.0 Å². The lowest BCUT2D eigenvalue weighted by atomic mass is 10.0. The fourth-order valence-corrected chi connectivity index (χ4v) is 1.95. The van der Waals surface area contributed by atoms with E-state index in [1.54, 1.807) is 0 Å². The Balaban J connectivity index is 2.65. The Labute approximate surface area is 108 Å². The van der Waals surface area contributed by atoms with Crippen LogP contribution in [0.4, 0.5) is 11.4 Å². The second-order valence-corrected chi connectivity index (χ2v) is 4.76. The van der Waals surface area contributed by atoms with Crippen LogP contribution in [0.1, 0.15) is 25.3 Å². The summed E-state index contributed by atoms with van der Waals surface area (Å²) in [6.07, 6.45) is 1.88. The van der Waals surface area contributed by atoms with Crippen LogP contribution >= 0.6 is 11.6 Å². The fraction of sp³-hybridized carbons (Fsp3) is 0.538. The first-order chi connectivity index (χ1) is 8.08. The molecule has 0 spiro atoms. The van der Waals surface area contributed by atoms with E-state index in [1.165, 1.54) is 0 Å². The van der Waals surface area contributed by atoms with Gasteiger partial charge in [-0.25, -0.2) is 0 Å². The van der Waals surface area contributed by atoms with Gasteiger partial charge in [-0.15, -0.1) is 0 Å². The van der Waals surface area contributed by atoms with E-state index in [1.807, 2.05) is 19.1 Å². The van der Waals surface area contributed by atoms with Crippen molar-refractivity contribution in [1.29, 1.82) is 0 Å². The smallest absolute Gasteiger partial charge is 0.0656 e. The number of hydrogen-bond donors (Lipinski definition) is 3. The van der Waals surface area contributed by atoms with E-state index in [0.29, 0.717) is 16.6 Å². The topological polar surface area (TPSA) is 58.3 Å². The van der Waals surface area contributed by atoms with Crippen LogP contribution in [0.25, 0.3) is 0 Å². The molecule has 0 amide bonds. The van der Waals surface area contributed by atoms with Gasteiger partial charge in [0.15, 0.2) is 0 Å². The molecule has 1 aromatic rings. The minimum absolute atomic E-state index is 0.238. The molecule has 0 fully saturated rings. The number of nitrogens with one attached hydrogen (secondary N) is 1. The monoisotopic (exact) mass is 256 g/mol. The number of halogens is 1. The number of hydrogen-bond acceptors (Lipinski definition) is 3. The van der Waals surface area contributed by atoms with Crippen LogP contribution in [0.15, 0.2) is 12.1 Å². The SMILES string of the molecule is CCC(CCO)CNc1cc(Cl)c(N)cc1C. The second-order valence-electron chi connectivity index (χ2n) is 4.36. The number of benzene rings is 1. The van der Waals surface area contributed by atoms with Gasteiger partial charge < -0.3 is 16.2 Å². The van der Waals surface area contributed by atoms with Crippen molar-refractivity contribution in [1.82, 2.24) is 0 Å². The maximum absolute atomic E-state index is 8.93. The molecule has 0 saturated heterocycles. The number of aliphatic hydroxyl groups excluding tert-OH is 1. The highest BCUT2D eigenvalue weighted by Crippen LogP contribution is 2.27. The van der Waals surface area contributed by atoms with Crippen molar-refractivity contribution in [3.05, 3.63) is 22.7 Å². The highest BCUT2D eigenvalue weighted by Gasteiger charge is 2.07. The average molecular weight is 257 g/mol. The largest absolute Gasteiger partial charge is 0.398 e. The molecular formula is C13H21ClN2O. The van der Waals surface area contributed by atoms with Crippen molar-refractivity contribution in [3.63, 3.8) is 0 Å². The molecule has 3 nitrogen and oxygen atoms in total. The lowest BCUT2D eigenvalue weighted by Crippen LogP contribution is -2.15. The Morgan fingerprint density at radius 2 is 2.18 bits per heavy atom. The van der Waals surface area contributed by atoms with Crippen LogP contribution < -0.4 is 11.1 Å². The van der Waals surface area contributed by atoms with E-state index < -0.39 is 0 Å². The molecule has 0 heterocycles. The van der Waals surface area contributed by atoms with Gasteiger partial charge in [0.1, 0.15) is 0 Å². The Bertz CT molecular complexity index is 369. The molecule has 0 aliphatic heterocycles. The van der Waals surface area contributed by atoms with Gasteiger partial charge in [-0.2, -0.15) is 0 Å². The summed E-state index contributed by atoms with van der Waals surface area (Å²) < 4.78 is 0. The highest BCUT2D eigenvalue weighted by molar-refractivity contribution is 6.33. The van der Waals surface area contributed by atoms with Gasteiger partial charge in [-0.3, -0.25) is 0 Å². The quantitative estimate of drug-likeness (QED) is 0.686. The summed E-state index contributed by atoms with van der Waals surface area (Å²) in [5.41, 5.74) is 8.44. The summed E-state index contributed by atoms with van der Waals surface area (Å²) in [6.45, 7) is 5.21. The van der Waals surface area contributed by atoms with Gasteiger partial charge in [0.25, 0.3) is 0 Å².